The third kappa shape index (κ3) is 2.19. The van der Waals surface area contributed by atoms with Crippen molar-refractivity contribution in [2.75, 3.05) is 0 Å². The summed E-state index contributed by atoms with van der Waals surface area (Å²) in [5.74, 6) is -0.00341. The average Bonchev–Trinajstić information content (AvgIpc) is 3.37. The maximum atomic E-state index is 13.1. The second-order valence-corrected chi connectivity index (χ2v) is 7.22. The second-order valence-electron chi connectivity index (χ2n) is 7.22. The molecule has 5 rings (SSSR count). The summed E-state index contributed by atoms with van der Waals surface area (Å²) in [6.45, 7) is 0. The predicted molar refractivity (Wildman–Crippen MR) is 98.4 cm³/mol. The highest BCUT2D eigenvalue weighted by molar-refractivity contribution is 6.09. The molecule has 0 saturated heterocycles. The van der Waals surface area contributed by atoms with Gasteiger partial charge in [0.2, 0.25) is 5.90 Å². The van der Waals surface area contributed by atoms with E-state index in [1.165, 1.54) is 12.1 Å². The van der Waals surface area contributed by atoms with Crippen molar-refractivity contribution in [3.63, 3.8) is 0 Å². The summed E-state index contributed by atoms with van der Waals surface area (Å²) in [5.41, 5.74) is 0.708. The molecular formula is C21H16N2O4. The molecule has 1 fully saturated rings. The molecule has 1 saturated carbocycles. The quantitative estimate of drug-likeness (QED) is 0.362. The number of benzene rings is 2. The number of carbonyl (C=O) groups is 1. The number of hydrogen-bond acceptors (Lipinski definition) is 5. The van der Waals surface area contributed by atoms with Crippen molar-refractivity contribution < 1.29 is 14.5 Å². The van der Waals surface area contributed by atoms with E-state index in [1.54, 1.807) is 12.1 Å². The topological polar surface area (TPSA) is 81.8 Å². The number of nitro groups is 1. The number of aliphatic imine (C=N–C) groups is 1. The van der Waals surface area contributed by atoms with Gasteiger partial charge in [0.25, 0.3) is 5.69 Å². The highest BCUT2D eigenvalue weighted by atomic mass is 16.6. The van der Waals surface area contributed by atoms with E-state index in [-0.39, 0.29) is 29.4 Å². The van der Waals surface area contributed by atoms with Crippen molar-refractivity contribution in [1.29, 1.82) is 0 Å². The molecule has 0 radical (unpaired) electrons. The number of rotatable bonds is 3. The number of non-ortho nitro benzene ring substituents is 1. The Hall–Kier alpha value is -3.28. The van der Waals surface area contributed by atoms with Crippen LogP contribution in [0, 0.1) is 22.0 Å². The molecule has 2 bridgehead atoms. The van der Waals surface area contributed by atoms with Gasteiger partial charge in [0, 0.05) is 29.5 Å². The lowest BCUT2D eigenvalue weighted by Crippen LogP contribution is -2.44. The average molecular weight is 360 g/mol. The molecule has 0 unspecified atom stereocenters. The maximum Gasteiger partial charge on any atom is 0.342 e. The lowest BCUT2D eigenvalue weighted by Gasteiger charge is -2.32. The highest BCUT2D eigenvalue weighted by Gasteiger charge is 2.65. The lowest BCUT2D eigenvalue weighted by molar-refractivity contribution is -0.384. The summed E-state index contributed by atoms with van der Waals surface area (Å²) in [5, 5.41) is 11.0. The molecule has 134 valence electrons. The van der Waals surface area contributed by atoms with Gasteiger partial charge in [0.05, 0.1) is 4.92 Å². The molecule has 2 aliphatic carbocycles. The largest absolute Gasteiger partial charge is 0.405 e. The molecule has 0 amide bonds. The van der Waals surface area contributed by atoms with Crippen molar-refractivity contribution in [2.45, 2.75) is 17.9 Å². The van der Waals surface area contributed by atoms with Gasteiger partial charge < -0.3 is 4.74 Å². The van der Waals surface area contributed by atoms with E-state index in [0.29, 0.717) is 5.90 Å². The molecule has 0 aromatic heterocycles. The summed E-state index contributed by atoms with van der Waals surface area (Å²) in [7, 11) is 0. The first-order chi connectivity index (χ1) is 13.1. The van der Waals surface area contributed by atoms with E-state index in [4.69, 9.17) is 9.73 Å². The molecule has 1 aliphatic heterocycles. The number of cyclic esters (lactones) is 1. The van der Waals surface area contributed by atoms with Crippen LogP contribution in [0.1, 0.15) is 23.5 Å². The fourth-order valence-corrected chi connectivity index (χ4v) is 4.70. The summed E-state index contributed by atoms with van der Waals surface area (Å²) in [4.78, 5) is 28.4. The Morgan fingerprint density at radius 1 is 1.07 bits per heavy atom. The zero-order chi connectivity index (χ0) is 18.6. The number of hydrogen-bond donors (Lipinski definition) is 0. The van der Waals surface area contributed by atoms with Gasteiger partial charge in [0.1, 0.15) is 0 Å². The van der Waals surface area contributed by atoms with Gasteiger partial charge in [-0.2, -0.15) is 0 Å². The Morgan fingerprint density at radius 2 is 1.81 bits per heavy atom. The standard InChI is InChI=1S/C21H16N2O4/c24-20-21(22-19(27-20)14-4-2-1-3-5-14)16-9-6-15(12-16)18(21)13-7-10-17(11-8-13)23(25)26/h1-11,15-16,18H,12H2/t15-,16+,18+,21-/m0/s1. The highest BCUT2D eigenvalue weighted by Crippen LogP contribution is 2.59. The van der Waals surface area contributed by atoms with Gasteiger partial charge in [-0.05, 0) is 30.0 Å². The van der Waals surface area contributed by atoms with Crippen molar-refractivity contribution >= 4 is 17.6 Å². The summed E-state index contributed by atoms with van der Waals surface area (Å²) < 4.78 is 5.62. The molecule has 2 aromatic carbocycles. The molecule has 1 spiro atoms. The van der Waals surface area contributed by atoms with E-state index < -0.39 is 10.5 Å². The van der Waals surface area contributed by atoms with Crippen molar-refractivity contribution in [1.82, 2.24) is 0 Å². The van der Waals surface area contributed by atoms with Crippen LogP contribution in [0.25, 0.3) is 0 Å². The van der Waals surface area contributed by atoms with E-state index in [9.17, 15) is 14.9 Å². The molecule has 2 aromatic rings. The number of nitrogens with zero attached hydrogens (tertiary/aromatic N) is 2. The fourth-order valence-electron chi connectivity index (χ4n) is 4.70. The fraction of sp³-hybridized carbons (Fsp3) is 0.238. The Morgan fingerprint density at radius 3 is 2.52 bits per heavy atom. The zero-order valence-corrected chi connectivity index (χ0v) is 14.3. The molecule has 6 heteroatoms. The van der Waals surface area contributed by atoms with Crippen LogP contribution in [0.5, 0.6) is 0 Å². The molecule has 6 nitrogen and oxygen atoms in total. The minimum absolute atomic E-state index is 0.0172. The minimum atomic E-state index is -0.985. The zero-order valence-electron chi connectivity index (χ0n) is 14.3. The van der Waals surface area contributed by atoms with Crippen LogP contribution >= 0.6 is 0 Å². The number of esters is 1. The van der Waals surface area contributed by atoms with E-state index in [0.717, 1.165) is 17.5 Å². The van der Waals surface area contributed by atoms with Crippen LogP contribution < -0.4 is 0 Å². The Labute approximate surface area is 155 Å². The predicted octanol–water partition coefficient (Wildman–Crippen LogP) is 3.63. The number of nitro benzene ring substituents is 1. The van der Waals surface area contributed by atoms with Crippen LogP contribution in [0.3, 0.4) is 0 Å². The first-order valence-corrected chi connectivity index (χ1v) is 8.90. The van der Waals surface area contributed by atoms with E-state index in [2.05, 4.69) is 12.2 Å². The van der Waals surface area contributed by atoms with Gasteiger partial charge in [-0.25, -0.2) is 9.79 Å². The molecular weight excluding hydrogens is 344 g/mol. The normalized spacial score (nSPS) is 30.6. The SMILES string of the molecule is O=C1OC(c2ccccc2)=N[C@]12[C@@H]1C=C[C@@H](C1)[C@H]2c1ccc([N+](=O)[O-])cc1. The molecule has 1 heterocycles. The molecule has 4 atom stereocenters. The van der Waals surface area contributed by atoms with Crippen LogP contribution in [-0.2, 0) is 9.53 Å². The van der Waals surface area contributed by atoms with Crippen molar-refractivity contribution in [3.05, 3.63) is 88.0 Å². The van der Waals surface area contributed by atoms with Crippen molar-refractivity contribution in [3.8, 4) is 0 Å². The minimum Gasteiger partial charge on any atom is -0.405 e. The Balaban J connectivity index is 1.61. The number of carbonyl (C=O) groups excluding carboxylic acids is 1. The molecule has 3 aliphatic rings. The van der Waals surface area contributed by atoms with Gasteiger partial charge in [-0.1, -0.05) is 42.5 Å². The van der Waals surface area contributed by atoms with E-state index in [1.807, 2.05) is 30.3 Å². The summed E-state index contributed by atoms with van der Waals surface area (Å²) in [6, 6.07) is 15.9. The monoisotopic (exact) mass is 360 g/mol. The second kappa shape index (κ2) is 5.61. The van der Waals surface area contributed by atoms with Gasteiger partial charge in [-0.3, -0.25) is 10.1 Å². The van der Waals surface area contributed by atoms with E-state index >= 15 is 0 Å². The van der Waals surface area contributed by atoms with Crippen LogP contribution in [0.15, 0.2) is 71.7 Å². The van der Waals surface area contributed by atoms with Crippen LogP contribution in [0.4, 0.5) is 5.69 Å². The van der Waals surface area contributed by atoms with Crippen molar-refractivity contribution in [2.24, 2.45) is 16.8 Å². The van der Waals surface area contributed by atoms with Gasteiger partial charge >= 0.3 is 5.97 Å². The lowest BCUT2D eigenvalue weighted by atomic mass is 9.73. The smallest absolute Gasteiger partial charge is 0.342 e. The van der Waals surface area contributed by atoms with Gasteiger partial charge in [-0.15, -0.1) is 0 Å². The Bertz CT molecular complexity index is 997. The van der Waals surface area contributed by atoms with Crippen LogP contribution in [0.2, 0.25) is 0 Å². The van der Waals surface area contributed by atoms with Crippen LogP contribution in [-0.4, -0.2) is 22.3 Å². The third-order valence-corrected chi connectivity index (χ3v) is 5.87. The maximum absolute atomic E-state index is 13.1. The van der Waals surface area contributed by atoms with Gasteiger partial charge in [0.15, 0.2) is 5.54 Å². The summed E-state index contributed by atoms with van der Waals surface area (Å²) in [6.07, 6.45) is 5.03. The summed E-state index contributed by atoms with van der Waals surface area (Å²) >= 11 is 0. The first-order valence-electron chi connectivity index (χ1n) is 8.90. The molecule has 0 N–H and O–H groups in total. The molecule has 27 heavy (non-hydrogen) atoms. The third-order valence-electron chi connectivity index (χ3n) is 5.87. The number of allylic oxidation sites excluding steroid dienone is 1. The number of ether oxygens (including phenoxy) is 1. The Kier molecular flexibility index (Phi) is 3.31. The first kappa shape index (κ1) is 15.9. The number of fused-ring (bicyclic) bond motifs is 3.